The molecule has 0 saturated heterocycles. The van der Waals surface area contributed by atoms with Gasteiger partial charge in [-0.15, -0.1) is 0 Å². The first-order valence-corrected chi connectivity index (χ1v) is 4.15. The molecular weight excluding hydrogens is 166 g/mol. The van der Waals surface area contributed by atoms with Crippen molar-refractivity contribution >= 4 is 0 Å². The summed E-state index contributed by atoms with van der Waals surface area (Å²) in [5.41, 5.74) is 0. The average molecular weight is 175 g/mol. The number of rotatable bonds is 1. The van der Waals surface area contributed by atoms with E-state index in [1.54, 1.807) is 0 Å². The summed E-state index contributed by atoms with van der Waals surface area (Å²) in [5.74, 6) is 1.49. The van der Waals surface area contributed by atoms with Crippen LogP contribution in [0.1, 0.15) is 6.42 Å². The first kappa shape index (κ1) is 7.93. The van der Waals surface area contributed by atoms with Crippen LogP contribution in [0.25, 0.3) is 0 Å². The Morgan fingerprint density at radius 2 is 2.15 bits per heavy atom. The molecule has 1 aliphatic rings. The van der Waals surface area contributed by atoms with Gasteiger partial charge in [0.15, 0.2) is 11.5 Å². The Morgan fingerprint density at radius 3 is 2.92 bits per heavy atom. The lowest BCUT2D eigenvalue weighted by molar-refractivity contribution is 0.0943. The maximum atomic E-state index is 8.48. The SMILES string of the molecule is N#CC[C@H]1COc2ccccc2O1. The van der Waals surface area contributed by atoms with Gasteiger partial charge < -0.3 is 9.47 Å². The van der Waals surface area contributed by atoms with Crippen LogP contribution in [0.4, 0.5) is 0 Å². The third-order valence-electron chi connectivity index (χ3n) is 1.89. The minimum Gasteiger partial charge on any atom is -0.486 e. The number of fused-ring (bicyclic) bond motifs is 1. The standard InChI is InChI=1S/C10H9NO2/c11-6-5-8-7-12-9-3-1-2-4-10(9)13-8/h1-4,8H,5,7H2/t8-/m0/s1. The zero-order chi connectivity index (χ0) is 9.10. The Balaban J connectivity index is 2.16. The van der Waals surface area contributed by atoms with Gasteiger partial charge in [0.25, 0.3) is 0 Å². The minimum absolute atomic E-state index is 0.125. The number of nitrogens with zero attached hydrogens (tertiary/aromatic N) is 1. The fourth-order valence-corrected chi connectivity index (χ4v) is 1.27. The van der Waals surface area contributed by atoms with Crippen molar-refractivity contribution < 1.29 is 9.47 Å². The zero-order valence-corrected chi connectivity index (χ0v) is 7.06. The molecule has 0 N–H and O–H groups in total. The molecule has 13 heavy (non-hydrogen) atoms. The van der Waals surface area contributed by atoms with E-state index in [-0.39, 0.29) is 6.10 Å². The largest absolute Gasteiger partial charge is 0.486 e. The molecular formula is C10H9NO2. The van der Waals surface area contributed by atoms with Gasteiger partial charge in [-0.3, -0.25) is 0 Å². The molecule has 2 rings (SSSR count). The quantitative estimate of drug-likeness (QED) is 0.652. The van der Waals surface area contributed by atoms with Gasteiger partial charge in [-0.25, -0.2) is 0 Å². The number of benzene rings is 1. The lowest BCUT2D eigenvalue weighted by Crippen LogP contribution is -2.28. The van der Waals surface area contributed by atoms with Gasteiger partial charge in [-0.05, 0) is 12.1 Å². The lowest BCUT2D eigenvalue weighted by atomic mass is 10.2. The highest BCUT2D eigenvalue weighted by Crippen LogP contribution is 2.31. The number of hydrogen-bond donors (Lipinski definition) is 0. The van der Waals surface area contributed by atoms with Crippen molar-refractivity contribution in [3.05, 3.63) is 24.3 Å². The summed E-state index contributed by atoms with van der Waals surface area (Å²) in [6, 6.07) is 9.55. The Bertz CT molecular complexity index is 343. The molecule has 1 aromatic rings. The van der Waals surface area contributed by atoms with E-state index in [9.17, 15) is 0 Å². The molecule has 3 nitrogen and oxygen atoms in total. The number of nitriles is 1. The van der Waals surface area contributed by atoms with E-state index < -0.39 is 0 Å². The van der Waals surface area contributed by atoms with Crippen LogP contribution in [-0.4, -0.2) is 12.7 Å². The molecule has 0 aromatic heterocycles. The molecule has 3 heteroatoms. The van der Waals surface area contributed by atoms with Crippen LogP contribution in [0.2, 0.25) is 0 Å². The predicted molar refractivity (Wildman–Crippen MR) is 46.6 cm³/mol. The van der Waals surface area contributed by atoms with Crippen LogP contribution in [-0.2, 0) is 0 Å². The third kappa shape index (κ3) is 1.57. The monoisotopic (exact) mass is 175 g/mol. The Morgan fingerprint density at radius 1 is 1.38 bits per heavy atom. The van der Waals surface area contributed by atoms with Gasteiger partial charge in [-0.1, -0.05) is 12.1 Å². The van der Waals surface area contributed by atoms with Gasteiger partial charge in [0.05, 0.1) is 12.5 Å². The normalized spacial score (nSPS) is 19.2. The zero-order valence-electron chi connectivity index (χ0n) is 7.06. The molecule has 0 radical (unpaired) electrons. The second-order valence-electron chi connectivity index (χ2n) is 2.86. The van der Waals surface area contributed by atoms with Crippen LogP contribution < -0.4 is 9.47 Å². The summed E-state index contributed by atoms with van der Waals surface area (Å²) < 4.78 is 10.9. The number of hydrogen-bond acceptors (Lipinski definition) is 3. The molecule has 1 heterocycles. The van der Waals surface area contributed by atoms with Crippen molar-refractivity contribution in [3.63, 3.8) is 0 Å². The van der Waals surface area contributed by atoms with Crippen molar-refractivity contribution in [2.24, 2.45) is 0 Å². The van der Waals surface area contributed by atoms with E-state index in [4.69, 9.17) is 14.7 Å². The number of para-hydroxylation sites is 2. The molecule has 0 aliphatic carbocycles. The van der Waals surface area contributed by atoms with Gasteiger partial charge >= 0.3 is 0 Å². The van der Waals surface area contributed by atoms with E-state index >= 15 is 0 Å². The van der Waals surface area contributed by atoms with Gasteiger partial charge in [0.2, 0.25) is 0 Å². The lowest BCUT2D eigenvalue weighted by Gasteiger charge is -2.24. The van der Waals surface area contributed by atoms with E-state index in [1.165, 1.54) is 0 Å². The Labute approximate surface area is 76.5 Å². The molecule has 0 amide bonds. The molecule has 66 valence electrons. The second kappa shape index (κ2) is 3.36. The first-order chi connectivity index (χ1) is 6.40. The summed E-state index contributed by atoms with van der Waals surface area (Å²) in [4.78, 5) is 0. The fourth-order valence-electron chi connectivity index (χ4n) is 1.27. The molecule has 0 fully saturated rings. The van der Waals surface area contributed by atoms with Crippen molar-refractivity contribution in [2.75, 3.05) is 6.61 Å². The minimum atomic E-state index is -0.125. The van der Waals surface area contributed by atoms with E-state index in [2.05, 4.69) is 6.07 Å². The van der Waals surface area contributed by atoms with Crippen LogP contribution in [0, 0.1) is 11.3 Å². The molecule has 0 saturated carbocycles. The van der Waals surface area contributed by atoms with Crippen LogP contribution in [0.5, 0.6) is 11.5 Å². The van der Waals surface area contributed by atoms with Gasteiger partial charge in [0, 0.05) is 0 Å². The van der Waals surface area contributed by atoms with Crippen LogP contribution in [0.15, 0.2) is 24.3 Å². The highest BCUT2D eigenvalue weighted by molar-refractivity contribution is 5.40. The van der Waals surface area contributed by atoms with Gasteiger partial charge in [-0.2, -0.15) is 5.26 Å². The summed E-state index contributed by atoms with van der Waals surface area (Å²) >= 11 is 0. The maximum absolute atomic E-state index is 8.48. The highest BCUT2D eigenvalue weighted by atomic mass is 16.6. The van der Waals surface area contributed by atoms with Crippen molar-refractivity contribution in [3.8, 4) is 17.6 Å². The summed E-state index contributed by atoms with van der Waals surface area (Å²) in [6.07, 6.45) is 0.244. The third-order valence-corrected chi connectivity index (χ3v) is 1.89. The van der Waals surface area contributed by atoms with Crippen LogP contribution in [0.3, 0.4) is 0 Å². The van der Waals surface area contributed by atoms with Crippen molar-refractivity contribution in [2.45, 2.75) is 12.5 Å². The summed E-state index contributed by atoms with van der Waals surface area (Å²) in [6.45, 7) is 0.463. The summed E-state index contributed by atoms with van der Waals surface area (Å²) in [5, 5.41) is 8.48. The van der Waals surface area contributed by atoms with E-state index in [0.29, 0.717) is 13.0 Å². The Kier molecular flexibility index (Phi) is 2.05. The van der Waals surface area contributed by atoms with Crippen molar-refractivity contribution in [1.82, 2.24) is 0 Å². The predicted octanol–water partition coefficient (Wildman–Crippen LogP) is 1.74. The fraction of sp³-hybridized carbons (Fsp3) is 0.300. The average Bonchev–Trinajstić information content (AvgIpc) is 2.18. The second-order valence-corrected chi connectivity index (χ2v) is 2.86. The summed E-state index contributed by atoms with van der Waals surface area (Å²) in [7, 11) is 0. The maximum Gasteiger partial charge on any atom is 0.161 e. The van der Waals surface area contributed by atoms with Crippen molar-refractivity contribution in [1.29, 1.82) is 5.26 Å². The topological polar surface area (TPSA) is 42.2 Å². The molecule has 0 unspecified atom stereocenters. The highest BCUT2D eigenvalue weighted by Gasteiger charge is 2.19. The molecule has 0 bridgehead atoms. The van der Waals surface area contributed by atoms with E-state index in [1.807, 2.05) is 24.3 Å². The molecule has 0 spiro atoms. The molecule has 1 aromatic carbocycles. The van der Waals surface area contributed by atoms with Crippen LogP contribution >= 0.6 is 0 Å². The smallest absolute Gasteiger partial charge is 0.161 e. The van der Waals surface area contributed by atoms with Gasteiger partial charge in [0.1, 0.15) is 12.7 Å². The van der Waals surface area contributed by atoms with E-state index in [0.717, 1.165) is 11.5 Å². The number of ether oxygens (including phenoxy) is 2. The molecule has 1 aliphatic heterocycles. The molecule has 1 atom stereocenters. The first-order valence-electron chi connectivity index (χ1n) is 4.15. The Hall–Kier alpha value is -1.69.